The molecule has 3 nitrogen and oxygen atoms in total. The Bertz CT molecular complexity index is 872. The normalized spacial score (nSPS) is 12.8. The highest BCUT2D eigenvalue weighted by Crippen LogP contribution is 2.38. The lowest BCUT2D eigenvalue weighted by atomic mass is 10.1. The lowest BCUT2D eigenvalue weighted by molar-refractivity contribution is -0.143. The summed E-state index contributed by atoms with van der Waals surface area (Å²) in [5, 5.41) is 0.970. The first-order chi connectivity index (χ1) is 12.6. The number of hydrogen-bond acceptors (Lipinski definition) is 2. The van der Waals surface area contributed by atoms with Gasteiger partial charge in [-0.1, -0.05) is 11.6 Å². The van der Waals surface area contributed by atoms with E-state index in [1.807, 2.05) is 0 Å². The standard InChI is InChI=1S/C15H6ClF9N2O/c16-10-2-1-9(11(27-10)15(23,24)25)12(28)26-8-4-6(13(17,18)19)3-7(5-8)14(20,21)22/h1-5H,(H,26,28). The van der Waals surface area contributed by atoms with Crippen molar-refractivity contribution in [3.63, 3.8) is 0 Å². The zero-order chi connectivity index (χ0) is 21.5. The molecule has 0 unspecified atom stereocenters. The van der Waals surface area contributed by atoms with Gasteiger partial charge < -0.3 is 5.32 Å². The van der Waals surface area contributed by atoms with E-state index in [1.54, 1.807) is 5.32 Å². The van der Waals surface area contributed by atoms with Crippen LogP contribution in [-0.4, -0.2) is 10.9 Å². The number of carbonyl (C=O) groups is 1. The van der Waals surface area contributed by atoms with Crippen LogP contribution in [0.4, 0.5) is 45.2 Å². The number of benzene rings is 1. The highest BCUT2D eigenvalue weighted by Gasteiger charge is 2.39. The van der Waals surface area contributed by atoms with Gasteiger partial charge in [-0.3, -0.25) is 4.79 Å². The van der Waals surface area contributed by atoms with Crippen molar-refractivity contribution in [1.82, 2.24) is 4.98 Å². The van der Waals surface area contributed by atoms with Crippen LogP contribution < -0.4 is 5.32 Å². The molecule has 0 radical (unpaired) electrons. The highest BCUT2D eigenvalue weighted by atomic mass is 35.5. The summed E-state index contributed by atoms with van der Waals surface area (Å²) in [5.74, 6) is -1.62. The summed E-state index contributed by atoms with van der Waals surface area (Å²) in [5.41, 5.74) is -7.38. The van der Waals surface area contributed by atoms with Crippen LogP contribution in [0.1, 0.15) is 27.2 Å². The first-order valence-electron chi connectivity index (χ1n) is 6.93. The summed E-state index contributed by atoms with van der Waals surface area (Å²) in [4.78, 5) is 15.0. The van der Waals surface area contributed by atoms with Gasteiger partial charge in [-0.25, -0.2) is 4.98 Å². The monoisotopic (exact) mass is 436 g/mol. The molecule has 1 aromatic carbocycles. The summed E-state index contributed by atoms with van der Waals surface area (Å²) in [6.45, 7) is 0. The van der Waals surface area contributed by atoms with Crippen molar-refractivity contribution in [3.8, 4) is 0 Å². The summed E-state index contributed by atoms with van der Waals surface area (Å²) in [7, 11) is 0. The topological polar surface area (TPSA) is 42.0 Å². The van der Waals surface area contributed by atoms with Crippen molar-refractivity contribution in [2.45, 2.75) is 18.5 Å². The quantitative estimate of drug-likeness (QED) is 0.460. The van der Waals surface area contributed by atoms with Gasteiger partial charge in [-0.15, -0.1) is 0 Å². The maximum Gasteiger partial charge on any atom is 0.434 e. The van der Waals surface area contributed by atoms with E-state index in [1.165, 1.54) is 0 Å². The Morgan fingerprint density at radius 3 is 1.75 bits per heavy atom. The Morgan fingerprint density at radius 2 is 1.32 bits per heavy atom. The van der Waals surface area contributed by atoms with Crippen LogP contribution in [0.2, 0.25) is 5.15 Å². The van der Waals surface area contributed by atoms with E-state index < -0.39 is 57.7 Å². The summed E-state index contributed by atoms with van der Waals surface area (Å²) >= 11 is 5.34. The Labute approximate surface area is 155 Å². The third kappa shape index (κ3) is 5.06. The molecule has 1 heterocycles. The number of amides is 1. The minimum atomic E-state index is -5.19. The number of alkyl halides is 9. The smallest absolute Gasteiger partial charge is 0.322 e. The molecule has 1 N–H and O–H groups in total. The molecular weight excluding hydrogens is 431 g/mol. The fraction of sp³-hybridized carbons (Fsp3) is 0.200. The van der Waals surface area contributed by atoms with Crippen molar-refractivity contribution in [1.29, 1.82) is 0 Å². The van der Waals surface area contributed by atoms with Crippen LogP contribution in [0.3, 0.4) is 0 Å². The van der Waals surface area contributed by atoms with E-state index in [0.717, 1.165) is 6.07 Å². The number of halogens is 10. The van der Waals surface area contributed by atoms with Crippen molar-refractivity contribution < 1.29 is 44.3 Å². The third-order valence-electron chi connectivity index (χ3n) is 3.22. The number of anilines is 1. The van der Waals surface area contributed by atoms with Gasteiger partial charge in [-0.05, 0) is 30.3 Å². The Morgan fingerprint density at radius 1 is 0.821 bits per heavy atom. The molecule has 0 aliphatic rings. The second-order valence-electron chi connectivity index (χ2n) is 5.28. The Kier molecular flexibility index (Phi) is 5.57. The molecule has 28 heavy (non-hydrogen) atoms. The summed E-state index contributed by atoms with van der Waals surface area (Å²) in [6.07, 6.45) is -15.5. The average Bonchev–Trinajstić information content (AvgIpc) is 2.51. The van der Waals surface area contributed by atoms with Gasteiger partial charge in [0.05, 0.1) is 16.7 Å². The van der Waals surface area contributed by atoms with Gasteiger partial charge in [0, 0.05) is 5.69 Å². The lowest BCUT2D eigenvalue weighted by Crippen LogP contribution is -2.21. The van der Waals surface area contributed by atoms with E-state index >= 15 is 0 Å². The lowest BCUT2D eigenvalue weighted by Gasteiger charge is -2.16. The molecular formula is C15H6ClF9N2O. The zero-order valence-corrected chi connectivity index (χ0v) is 13.8. The molecule has 0 aliphatic heterocycles. The van der Waals surface area contributed by atoms with Gasteiger partial charge in [0.1, 0.15) is 5.15 Å². The van der Waals surface area contributed by atoms with Crippen LogP contribution in [0.25, 0.3) is 0 Å². The molecule has 0 saturated carbocycles. The van der Waals surface area contributed by atoms with Crippen LogP contribution >= 0.6 is 11.6 Å². The van der Waals surface area contributed by atoms with Crippen molar-refractivity contribution >= 4 is 23.2 Å². The number of pyridine rings is 1. The largest absolute Gasteiger partial charge is 0.434 e. The maximum absolute atomic E-state index is 13.0. The SMILES string of the molecule is O=C(Nc1cc(C(F)(F)F)cc(C(F)(F)F)c1)c1ccc(Cl)nc1C(F)(F)F. The number of nitrogens with one attached hydrogen (secondary N) is 1. The highest BCUT2D eigenvalue weighted by molar-refractivity contribution is 6.29. The van der Waals surface area contributed by atoms with Crippen LogP contribution in [0.5, 0.6) is 0 Å². The van der Waals surface area contributed by atoms with E-state index in [-0.39, 0.29) is 18.2 Å². The van der Waals surface area contributed by atoms with E-state index in [0.29, 0.717) is 6.07 Å². The zero-order valence-electron chi connectivity index (χ0n) is 13.0. The molecule has 1 aromatic heterocycles. The fourth-order valence-corrected chi connectivity index (χ4v) is 2.21. The molecule has 1 amide bonds. The van der Waals surface area contributed by atoms with Gasteiger partial charge >= 0.3 is 18.5 Å². The van der Waals surface area contributed by atoms with Crippen LogP contribution in [-0.2, 0) is 18.5 Å². The van der Waals surface area contributed by atoms with Gasteiger partial charge in [-0.2, -0.15) is 39.5 Å². The molecule has 13 heteroatoms. The van der Waals surface area contributed by atoms with Crippen molar-refractivity contribution in [2.24, 2.45) is 0 Å². The molecule has 0 saturated heterocycles. The molecule has 2 aromatic rings. The van der Waals surface area contributed by atoms with Crippen LogP contribution in [0.15, 0.2) is 30.3 Å². The van der Waals surface area contributed by atoms with E-state index in [9.17, 15) is 44.3 Å². The fourth-order valence-electron chi connectivity index (χ4n) is 2.06. The van der Waals surface area contributed by atoms with Crippen molar-refractivity contribution in [3.05, 3.63) is 57.9 Å². The van der Waals surface area contributed by atoms with E-state index in [4.69, 9.17) is 11.6 Å². The van der Waals surface area contributed by atoms with Gasteiger partial charge in [0.15, 0.2) is 5.69 Å². The third-order valence-corrected chi connectivity index (χ3v) is 3.43. The minimum absolute atomic E-state index is 0.156. The maximum atomic E-state index is 13.0. The first-order valence-corrected chi connectivity index (χ1v) is 7.31. The van der Waals surface area contributed by atoms with Gasteiger partial charge in [0.2, 0.25) is 0 Å². The average molecular weight is 437 g/mol. The number of rotatable bonds is 2. The van der Waals surface area contributed by atoms with E-state index in [2.05, 4.69) is 4.98 Å². The molecule has 0 spiro atoms. The second-order valence-corrected chi connectivity index (χ2v) is 5.66. The molecule has 2 rings (SSSR count). The molecule has 0 fully saturated rings. The number of aromatic nitrogens is 1. The molecule has 0 aliphatic carbocycles. The predicted molar refractivity (Wildman–Crippen MR) is 78.6 cm³/mol. The first kappa shape index (κ1) is 21.8. The predicted octanol–water partition coefficient (Wildman–Crippen LogP) is 6.04. The molecule has 0 atom stereocenters. The van der Waals surface area contributed by atoms with Gasteiger partial charge in [0.25, 0.3) is 5.91 Å². The minimum Gasteiger partial charge on any atom is -0.322 e. The summed E-state index contributed by atoms with van der Waals surface area (Å²) in [6, 6.07) is 1.51. The molecule has 0 bridgehead atoms. The number of carbonyl (C=O) groups excluding carboxylic acids is 1. The molecule has 152 valence electrons. The number of hydrogen-bond donors (Lipinski definition) is 1. The van der Waals surface area contributed by atoms with Crippen LogP contribution in [0, 0.1) is 0 Å². The Hall–Kier alpha value is -2.50. The number of nitrogens with zero attached hydrogens (tertiary/aromatic N) is 1. The Balaban J connectivity index is 2.50. The second kappa shape index (κ2) is 7.15. The summed E-state index contributed by atoms with van der Waals surface area (Å²) < 4.78 is 116. The van der Waals surface area contributed by atoms with Crippen molar-refractivity contribution in [2.75, 3.05) is 5.32 Å².